The Kier molecular flexibility index (Phi) is 6.82. The Morgan fingerprint density at radius 3 is 2.69 bits per heavy atom. The van der Waals surface area contributed by atoms with Gasteiger partial charge in [-0.05, 0) is 104 Å². The van der Waals surface area contributed by atoms with Crippen molar-refractivity contribution in [2.45, 2.75) is 71.3 Å². The number of allylic oxidation sites excluding steroid dienone is 2. The summed E-state index contributed by atoms with van der Waals surface area (Å²) in [6.45, 7) is 5.20. The normalized spacial score (nSPS) is 37.3. The molecule has 6 atom stereocenters. The van der Waals surface area contributed by atoms with Crippen molar-refractivity contribution in [3.63, 3.8) is 0 Å². The van der Waals surface area contributed by atoms with Crippen molar-refractivity contribution >= 4 is 23.5 Å². The van der Waals surface area contributed by atoms with Crippen molar-refractivity contribution < 1.29 is 19.4 Å². The Morgan fingerprint density at radius 1 is 1.11 bits per heavy atom. The maximum Gasteiger partial charge on any atom is 0.165 e. The number of rotatable bonds is 6. The van der Waals surface area contributed by atoms with Gasteiger partial charge in [0.1, 0.15) is 0 Å². The molecule has 35 heavy (non-hydrogen) atoms. The van der Waals surface area contributed by atoms with Crippen LogP contribution in [0.25, 0.3) is 6.08 Å². The summed E-state index contributed by atoms with van der Waals surface area (Å²) < 4.78 is 11.4. The van der Waals surface area contributed by atoms with Gasteiger partial charge in [-0.25, -0.2) is 0 Å². The first-order valence-corrected chi connectivity index (χ1v) is 13.8. The molecule has 0 amide bonds. The molecule has 0 bridgehead atoms. The summed E-state index contributed by atoms with van der Waals surface area (Å²) in [5.74, 6) is 3.83. The zero-order valence-corrected chi connectivity index (χ0v) is 22.1. The van der Waals surface area contributed by atoms with Crippen molar-refractivity contribution in [1.29, 1.82) is 0 Å². The van der Waals surface area contributed by atoms with Crippen LogP contribution in [0, 0.1) is 28.6 Å². The number of ether oxygens (including phenoxy) is 2. The lowest BCUT2D eigenvalue weighted by molar-refractivity contribution is -0.130. The summed E-state index contributed by atoms with van der Waals surface area (Å²) >= 11 is 5.76. The molecular weight excluding hydrogens is 460 g/mol. The second-order valence-electron chi connectivity index (χ2n) is 11.6. The lowest BCUT2D eigenvalue weighted by atomic mass is 9.48. The molecule has 0 aliphatic heterocycles. The number of benzene rings is 1. The third kappa shape index (κ3) is 4.25. The van der Waals surface area contributed by atoms with E-state index in [2.05, 4.69) is 26.0 Å². The van der Waals surface area contributed by atoms with Crippen LogP contribution in [0.5, 0.6) is 11.5 Å². The average molecular weight is 499 g/mol. The van der Waals surface area contributed by atoms with Gasteiger partial charge in [-0.3, -0.25) is 4.79 Å². The predicted octanol–water partition coefficient (Wildman–Crippen LogP) is 6.59. The predicted molar refractivity (Wildman–Crippen MR) is 140 cm³/mol. The number of fused-ring (bicyclic) bond motifs is 5. The van der Waals surface area contributed by atoms with Crippen LogP contribution in [-0.4, -0.2) is 36.6 Å². The van der Waals surface area contributed by atoms with Crippen molar-refractivity contribution in [3.05, 3.63) is 41.0 Å². The first kappa shape index (κ1) is 24.9. The van der Waals surface area contributed by atoms with Crippen LogP contribution in [0.3, 0.4) is 0 Å². The number of aliphatic hydroxyl groups is 1. The van der Waals surface area contributed by atoms with E-state index in [0.717, 1.165) is 62.5 Å². The Bertz CT molecular complexity index is 1040. The molecule has 0 unspecified atom stereocenters. The molecule has 190 valence electrons. The number of carbonyl (C=O) groups is 1. The van der Waals surface area contributed by atoms with Crippen LogP contribution in [0.15, 0.2) is 35.4 Å². The molecule has 4 aliphatic carbocycles. The van der Waals surface area contributed by atoms with Gasteiger partial charge in [0, 0.05) is 11.3 Å². The first-order chi connectivity index (χ1) is 16.8. The van der Waals surface area contributed by atoms with E-state index in [-0.39, 0.29) is 16.9 Å². The molecule has 0 aromatic heterocycles. The molecule has 4 nitrogen and oxygen atoms in total. The molecule has 0 radical (unpaired) electrons. The third-order valence-electron chi connectivity index (χ3n) is 9.78. The number of ketones is 1. The molecule has 3 fully saturated rings. The smallest absolute Gasteiger partial charge is 0.165 e. The van der Waals surface area contributed by atoms with E-state index in [1.54, 1.807) is 7.11 Å². The molecule has 1 aromatic rings. The average Bonchev–Trinajstić information content (AvgIpc) is 3.10. The maximum absolute atomic E-state index is 13.8. The zero-order valence-electron chi connectivity index (χ0n) is 21.3. The molecule has 3 saturated carbocycles. The van der Waals surface area contributed by atoms with E-state index in [1.165, 1.54) is 5.57 Å². The Balaban J connectivity index is 1.40. The number of methoxy groups -OCH3 is 1. The highest BCUT2D eigenvalue weighted by Crippen LogP contribution is 2.64. The number of carbonyl (C=O) groups excluding carboxylic acids is 1. The molecule has 1 aromatic carbocycles. The lowest BCUT2D eigenvalue weighted by Crippen LogP contribution is -2.50. The summed E-state index contributed by atoms with van der Waals surface area (Å²) in [5, 5.41) is 10.3. The SMILES string of the molecule is COc1cc(/C=C2\C[C@H]3[C@@H]4CC=C5C[C@@H](O)CC[C@]5(C)[C@H]4CC[C@]3(C)C2=O)ccc1OCCCCl. The second kappa shape index (κ2) is 9.59. The summed E-state index contributed by atoms with van der Waals surface area (Å²) in [6.07, 6.45) is 11.9. The molecule has 5 rings (SSSR count). The zero-order chi connectivity index (χ0) is 24.8. The Labute approximate surface area is 214 Å². The van der Waals surface area contributed by atoms with Gasteiger partial charge in [0.25, 0.3) is 0 Å². The monoisotopic (exact) mass is 498 g/mol. The fraction of sp³-hybridized carbons (Fsp3) is 0.633. The van der Waals surface area contributed by atoms with Crippen molar-refractivity contribution in [3.8, 4) is 11.5 Å². The highest BCUT2D eigenvalue weighted by molar-refractivity contribution is 6.17. The number of hydrogen-bond acceptors (Lipinski definition) is 4. The van der Waals surface area contributed by atoms with E-state index in [9.17, 15) is 9.90 Å². The van der Waals surface area contributed by atoms with Crippen molar-refractivity contribution in [2.24, 2.45) is 28.6 Å². The van der Waals surface area contributed by atoms with Gasteiger partial charge in [0.15, 0.2) is 17.3 Å². The summed E-state index contributed by atoms with van der Waals surface area (Å²) in [6, 6.07) is 5.90. The van der Waals surface area contributed by atoms with Crippen LogP contribution in [-0.2, 0) is 4.79 Å². The van der Waals surface area contributed by atoms with Crippen molar-refractivity contribution in [1.82, 2.24) is 0 Å². The highest BCUT2D eigenvalue weighted by Gasteiger charge is 2.59. The molecule has 0 saturated heterocycles. The van der Waals surface area contributed by atoms with Crippen LogP contribution in [0.2, 0.25) is 0 Å². The van der Waals surface area contributed by atoms with Crippen LogP contribution in [0.1, 0.15) is 70.8 Å². The Morgan fingerprint density at radius 2 is 1.91 bits per heavy atom. The first-order valence-electron chi connectivity index (χ1n) is 13.3. The summed E-state index contributed by atoms with van der Waals surface area (Å²) in [4.78, 5) is 13.8. The van der Waals surface area contributed by atoms with E-state index in [0.29, 0.717) is 47.5 Å². The minimum absolute atomic E-state index is 0.184. The number of halogens is 1. The van der Waals surface area contributed by atoms with E-state index >= 15 is 0 Å². The van der Waals surface area contributed by atoms with Crippen LogP contribution >= 0.6 is 11.6 Å². The topological polar surface area (TPSA) is 55.8 Å². The van der Waals surface area contributed by atoms with E-state index < -0.39 is 0 Å². The van der Waals surface area contributed by atoms with Gasteiger partial charge in [-0.1, -0.05) is 31.6 Å². The minimum atomic E-state index is -0.266. The third-order valence-corrected chi connectivity index (χ3v) is 10.0. The molecular formula is C30H39ClO4. The van der Waals surface area contributed by atoms with Gasteiger partial charge in [0.05, 0.1) is 19.8 Å². The second-order valence-corrected chi connectivity index (χ2v) is 12.0. The van der Waals surface area contributed by atoms with Gasteiger partial charge >= 0.3 is 0 Å². The molecule has 1 N–H and O–H groups in total. The molecule has 4 aliphatic rings. The van der Waals surface area contributed by atoms with Gasteiger partial charge in [-0.15, -0.1) is 11.6 Å². The summed E-state index contributed by atoms with van der Waals surface area (Å²) in [7, 11) is 1.65. The van der Waals surface area contributed by atoms with Gasteiger partial charge < -0.3 is 14.6 Å². The largest absolute Gasteiger partial charge is 0.493 e. The van der Waals surface area contributed by atoms with E-state index in [4.69, 9.17) is 21.1 Å². The molecule has 0 spiro atoms. The number of alkyl halides is 1. The quantitative estimate of drug-likeness (QED) is 0.208. The number of Topliss-reactive ketones (excluding diaryl/α,β-unsaturated/α-hetero) is 1. The van der Waals surface area contributed by atoms with Crippen LogP contribution in [0.4, 0.5) is 0 Å². The lowest BCUT2D eigenvalue weighted by Gasteiger charge is -2.56. The highest BCUT2D eigenvalue weighted by atomic mass is 35.5. The van der Waals surface area contributed by atoms with Crippen LogP contribution < -0.4 is 9.47 Å². The number of hydrogen-bond donors (Lipinski definition) is 1. The standard InChI is InChI=1S/C30H39ClO4/c1-29-11-9-22(32)18-21(29)6-7-23-24(29)10-12-30(2)25(23)17-20(28(30)33)15-19-5-8-26(27(16-19)34-3)35-14-4-13-31/h5-6,8,15-16,22-25,32H,4,7,9-14,17-18H2,1-3H3/b20-15+/t22-,23+,24-,25-,29-,30-/m0/s1. The fourth-order valence-electron chi connectivity index (χ4n) is 7.77. The molecule has 0 heterocycles. The maximum atomic E-state index is 13.8. The van der Waals surface area contributed by atoms with Crippen molar-refractivity contribution in [2.75, 3.05) is 19.6 Å². The molecule has 5 heteroatoms. The minimum Gasteiger partial charge on any atom is -0.493 e. The van der Waals surface area contributed by atoms with E-state index in [1.807, 2.05) is 18.2 Å². The summed E-state index contributed by atoms with van der Waals surface area (Å²) in [5.41, 5.74) is 3.33. The Hall–Kier alpha value is -1.78. The van der Waals surface area contributed by atoms with Gasteiger partial charge in [0.2, 0.25) is 0 Å². The number of aliphatic hydroxyl groups excluding tert-OH is 1. The fourth-order valence-corrected chi connectivity index (χ4v) is 7.88. The van der Waals surface area contributed by atoms with Gasteiger partial charge in [-0.2, -0.15) is 0 Å².